The minimum absolute atomic E-state index is 0.114. The molecule has 2 N–H and O–H groups in total. The lowest BCUT2D eigenvalue weighted by molar-refractivity contribution is -0.0406. The molecule has 6 heteroatoms. The molecule has 6 rings (SSSR count). The van der Waals surface area contributed by atoms with Crippen LogP contribution in [-0.2, 0) is 0 Å². The lowest BCUT2D eigenvalue weighted by atomic mass is 9.80. The molecule has 35 heavy (non-hydrogen) atoms. The number of fused-ring (bicyclic) bond motifs is 3. The first kappa shape index (κ1) is 22.7. The standard InChI is InChI=1S/C29H31N3O2S/c33-28(19-8-2-1-3-9-19)31-25-13-7-5-11-22(25)29(34)32-16-14-23-26(20-15-17-35-18-20)30-24-12-6-4-10-21(24)27(23)32/h1-4,6,8-10,12,15,17-18,22-23,26-27,29-30,34H,5,7,11,13-14,16H2/t22-,23-,26+,27+,29?/m0/s1. The van der Waals surface area contributed by atoms with Crippen molar-refractivity contribution in [3.63, 3.8) is 0 Å². The van der Waals surface area contributed by atoms with Crippen LogP contribution in [0.15, 0.2) is 76.4 Å². The van der Waals surface area contributed by atoms with E-state index in [1.807, 2.05) is 30.3 Å². The summed E-state index contributed by atoms with van der Waals surface area (Å²) in [6.07, 6.45) is 4.08. The molecule has 5 nitrogen and oxygen atoms in total. The summed E-state index contributed by atoms with van der Waals surface area (Å²) in [5.41, 5.74) is 5.20. The van der Waals surface area contributed by atoms with Gasteiger partial charge in [0.05, 0.1) is 6.04 Å². The van der Waals surface area contributed by atoms with Crippen LogP contribution in [0.4, 0.5) is 5.69 Å². The number of nitrogens with zero attached hydrogens (tertiary/aromatic N) is 2. The number of aliphatic imine (C=N–C) groups is 1. The number of amides is 1. The van der Waals surface area contributed by atoms with E-state index in [2.05, 4.69) is 56.3 Å². The molecule has 5 atom stereocenters. The zero-order chi connectivity index (χ0) is 23.8. The number of aliphatic hydroxyl groups excluding tert-OH is 1. The SMILES string of the molecule is O=C(N=C1CCCC[C@@H]1C(O)N1CC[C@H]2[C@@H](c3ccsc3)Nc3ccccc3[C@H]21)c1ccccc1. The Labute approximate surface area is 210 Å². The van der Waals surface area contributed by atoms with Gasteiger partial charge in [-0.3, -0.25) is 9.69 Å². The average Bonchev–Trinajstić information content (AvgIpc) is 3.60. The Bertz CT molecular complexity index is 1210. The summed E-state index contributed by atoms with van der Waals surface area (Å²) in [4.78, 5) is 19.7. The van der Waals surface area contributed by atoms with Crippen LogP contribution in [0.5, 0.6) is 0 Å². The largest absolute Gasteiger partial charge is 0.378 e. The number of thiophene rings is 1. The molecule has 0 spiro atoms. The van der Waals surface area contributed by atoms with E-state index in [4.69, 9.17) is 0 Å². The highest BCUT2D eigenvalue weighted by atomic mass is 32.1. The predicted octanol–water partition coefficient (Wildman–Crippen LogP) is 6.07. The highest BCUT2D eigenvalue weighted by Gasteiger charge is 2.48. The Morgan fingerprint density at radius 2 is 1.89 bits per heavy atom. The summed E-state index contributed by atoms with van der Waals surface area (Å²) in [5.74, 6) is 0.0598. The van der Waals surface area contributed by atoms with Gasteiger partial charge in [-0.1, -0.05) is 42.8 Å². The Morgan fingerprint density at radius 3 is 2.71 bits per heavy atom. The quantitative estimate of drug-likeness (QED) is 0.471. The van der Waals surface area contributed by atoms with Crippen LogP contribution >= 0.6 is 11.3 Å². The number of rotatable bonds is 4. The summed E-state index contributed by atoms with van der Waals surface area (Å²) in [5, 5.41) is 20.0. The van der Waals surface area contributed by atoms with Gasteiger partial charge in [0, 0.05) is 41.4 Å². The average molecular weight is 486 g/mol. The van der Waals surface area contributed by atoms with E-state index >= 15 is 0 Å². The molecular formula is C29H31N3O2S. The number of para-hydroxylation sites is 1. The van der Waals surface area contributed by atoms with Gasteiger partial charge in [0.2, 0.25) is 0 Å². The monoisotopic (exact) mass is 485 g/mol. The van der Waals surface area contributed by atoms with Crippen LogP contribution in [0.2, 0.25) is 0 Å². The van der Waals surface area contributed by atoms with Crippen molar-refractivity contribution in [2.45, 2.75) is 50.4 Å². The van der Waals surface area contributed by atoms with E-state index in [1.54, 1.807) is 11.3 Å². The Morgan fingerprint density at radius 1 is 1.06 bits per heavy atom. The van der Waals surface area contributed by atoms with Crippen LogP contribution in [0, 0.1) is 11.8 Å². The van der Waals surface area contributed by atoms with Crippen molar-refractivity contribution in [2.24, 2.45) is 16.8 Å². The molecule has 1 aromatic heterocycles. The van der Waals surface area contributed by atoms with Gasteiger partial charge in [-0.15, -0.1) is 0 Å². The number of aliphatic hydroxyl groups is 1. The van der Waals surface area contributed by atoms with Gasteiger partial charge in [-0.05, 0) is 71.8 Å². The first-order chi connectivity index (χ1) is 17.2. The van der Waals surface area contributed by atoms with Crippen LogP contribution in [0.1, 0.15) is 65.7 Å². The van der Waals surface area contributed by atoms with E-state index in [0.29, 0.717) is 11.5 Å². The van der Waals surface area contributed by atoms with E-state index in [9.17, 15) is 9.90 Å². The molecule has 1 saturated heterocycles. The van der Waals surface area contributed by atoms with Crippen molar-refractivity contribution in [1.82, 2.24) is 4.90 Å². The number of likely N-dealkylation sites (tertiary alicyclic amines) is 1. The molecule has 1 unspecified atom stereocenters. The number of carbonyl (C=O) groups excluding carboxylic acids is 1. The normalized spacial score (nSPS) is 28.2. The maximum atomic E-state index is 12.9. The number of benzene rings is 2. The summed E-state index contributed by atoms with van der Waals surface area (Å²) in [6, 6.07) is 20.4. The molecule has 180 valence electrons. The van der Waals surface area contributed by atoms with E-state index < -0.39 is 6.23 Å². The zero-order valence-corrected chi connectivity index (χ0v) is 20.5. The van der Waals surface area contributed by atoms with Crippen molar-refractivity contribution >= 4 is 28.6 Å². The molecular weight excluding hydrogens is 454 g/mol. The van der Waals surface area contributed by atoms with Gasteiger partial charge in [-0.25, -0.2) is 4.99 Å². The summed E-state index contributed by atoms with van der Waals surface area (Å²) < 4.78 is 0. The Balaban J connectivity index is 1.31. The van der Waals surface area contributed by atoms with Crippen molar-refractivity contribution in [1.29, 1.82) is 0 Å². The van der Waals surface area contributed by atoms with Gasteiger partial charge in [0.15, 0.2) is 0 Å². The van der Waals surface area contributed by atoms with Crippen molar-refractivity contribution in [3.8, 4) is 0 Å². The van der Waals surface area contributed by atoms with E-state index in [0.717, 1.165) is 50.0 Å². The van der Waals surface area contributed by atoms with Crippen LogP contribution in [0.25, 0.3) is 0 Å². The van der Waals surface area contributed by atoms with Crippen LogP contribution in [0.3, 0.4) is 0 Å². The minimum atomic E-state index is -0.651. The number of carbonyl (C=O) groups is 1. The third-order valence-electron chi connectivity index (χ3n) is 8.00. The van der Waals surface area contributed by atoms with Crippen LogP contribution in [-0.4, -0.2) is 34.4 Å². The van der Waals surface area contributed by atoms with E-state index in [1.165, 1.54) is 11.1 Å². The van der Waals surface area contributed by atoms with Gasteiger partial charge >= 0.3 is 0 Å². The lowest BCUT2D eigenvalue weighted by Crippen LogP contribution is -2.46. The fourth-order valence-corrected chi connectivity index (χ4v) is 7.03. The molecule has 3 aliphatic rings. The van der Waals surface area contributed by atoms with Crippen LogP contribution < -0.4 is 5.32 Å². The molecule has 2 aliphatic heterocycles. The molecule has 0 bridgehead atoms. The highest BCUT2D eigenvalue weighted by molar-refractivity contribution is 7.08. The fraction of sp³-hybridized carbons (Fsp3) is 0.379. The smallest absolute Gasteiger partial charge is 0.276 e. The molecule has 3 aromatic rings. The molecule has 2 fully saturated rings. The molecule has 0 radical (unpaired) electrons. The van der Waals surface area contributed by atoms with Crippen molar-refractivity contribution < 1.29 is 9.90 Å². The van der Waals surface area contributed by atoms with Crippen molar-refractivity contribution in [3.05, 3.63) is 88.1 Å². The number of nitrogens with one attached hydrogen (secondary N) is 1. The Hall–Kier alpha value is -2.80. The maximum Gasteiger partial charge on any atom is 0.276 e. The maximum absolute atomic E-state index is 12.9. The topological polar surface area (TPSA) is 64.9 Å². The lowest BCUT2D eigenvalue weighted by Gasteiger charge is -2.43. The first-order valence-electron chi connectivity index (χ1n) is 12.7. The first-order valence-corrected chi connectivity index (χ1v) is 13.6. The molecule has 1 saturated carbocycles. The number of hydrogen-bond donors (Lipinski definition) is 2. The molecule has 1 aliphatic carbocycles. The third kappa shape index (κ3) is 4.24. The van der Waals surface area contributed by atoms with Gasteiger partial charge < -0.3 is 10.4 Å². The number of anilines is 1. The fourth-order valence-electron chi connectivity index (χ4n) is 6.33. The molecule has 2 aromatic carbocycles. The molecule has 1 amide bonds. The minimum Gasteiger partial charge on any atom is -0.378 e. The van der Waals surface area contributed by atoms with E-state index in [-0.39, 0.29) is 23.9 Å². The highest BCUT2D eigenvalue weighted by Crippen LogP contribution is 2.52. The second kappa shape index (κ2) is 9.69. The number of hydrogen-bond acceptors (Lipinski definition) is 5. The summed E-state index contributed by atoms with van der Waals surface area (Å²) in [7, 11) is 0. The van der Waals surface area contributed by atoms with Gasteiger partial charge in [-0.2, -0.15) is 11.3 Å². The third-order valence-corrected chi connectivity index (χ3v) is 8.70. The Kier molecular flexibility index (Phi) is 6.27. The summed E-state index contributed by atoms with van der Waals surface area (Å²) >= 11 is 1.73. The molecule has 3 heterocycles. The summed E-state index contributed by atoms with van der Waals surface area (Å²) in [6.45, 7) is 0.837. The zero-order valence-electron chi connectivity index (χ0n) is 19.7. The van der Waals surface area contributed by atoms with Gasteiger partial charge in [0.1, 0.15) is 6.23 Å². The second-order valence-corrected chi connectivity index (χ2v) is 10.7. The second-order valence-electron chi connectivity index (χ2n) is 9.94. The predicted molar refractivity (Wildman–Crippen MR) is 141 cm³/mol. The van der Waals surface area contributed by atoms with Crippen molar-refractivity contribution in [2.75, 3.05) is 11.9 Å². The van der Waals surface area contributed by atoms with Gasteiger partial charge in [0.25, 0.3) is 5.91 Å².